The van der Waals surface area contributed by atoms with Crippen LogP contribution in [-0.2, 0) is 0 Å². The molecule has 0 aliphatic carbocycles. The zero-order valence-electron chi connectivity index (χ0n) is 19.6. The summed E-state index contributed by atoms with van der Waals surface area (Å²) in [6, 6.07) is 34.8. The Kier molecular flexibility index (Phi) is 6.96. The van der Waals surface area contributed by atoms with Gasteiger partial charge in [-0.1, -0.05) is 89.7 Å². The molecule has 0 bridgehead atoms. The number of hydrogen-bond acceptors (Lipinski definition) is 6. The van der Waals surface area contributed by atoms with Crippen molar-refractivity contribution < 1.29 is 9.53 Å². The molecule has 5 nitrogen and oxygen atoms in total. The molecule has 0 atom stereocenters. The fraction of sp³-hybridized carbons (Fsp3) is 0.0333. The molecule has 6 heteroatoms. The number of hydrogen-bond donors (Lipinski definition) is 1. The molecule has 0 spiro atoms. The molecule has 36 heavy (non-hydrogen) atoms. The summed E-state index contributed by atoms with van der Waals surface area (Å²) in [6.45, 7) is 1.98. The van der Waals surface area contributed by atoms with E-state index in [4.69, 9.17) is 9.72 Å². The van der Waals surface area contributed by atoms with Gasteiger partial charge in [-0.2, -0.15) is 5.10 Å². The van der Waals surface area contributed by atoms with Crippen LogP contribution in [-0.4, -0.2) is 17.2 Å². The van der Waals surface area contributed by atoms with Gasteiger partial charge in [0.25, 0.3) is 0 Å². The second kappa shape index (κ2) is 10.8. The summed E-state index contributed by atoms with van der Waals surface area (Å²) in [7, 11) is 0. The van der Waals surface area contributed by atoms with E-state index in [0.717, 1.165) is 32.8 Å². The van der Waals surface area contributed by atoms with Crippen molar-refractivity contribution in [3.8, 4) is 27.4 Å². The summed E-state index contributed by atoms with van der Waals surface area (Å²) < 4.78 is 5.46. The molecule has 0 unspecified atom stereocenters. The van der Waals surface area contributed by atoms with E-state index in [1.54, 1.807) is 41.8 Å². The molecular formula is C30H23N3O2S. The number of nitrogens with zero attached hydrogens (tertiary/aromatic N) is 2. The average Bonchev–Trinajstić information content (AvgIpc) is 3.35. The van der Waals surface area contributed by atoms with Crippen molar-refractivity contribution in [1.82, 2.24) is 4.98 Å². The zero-order chi connectivity index (χ0) is 24.7. The summed E-state index contributed by atoms with van der Waals surface area (Å²) in [5.41, 5.74) is 8.62. The van der Waals surface area contributed by atoms with E-state index in [0.29, 0.717) is 16.4 Å². The molecule has 0 saturated heterocycles. The van der Waals surface area contributed by atoms with Crippen LogP contribution in [0.2, 0.25) is 0 Å². The maximum absolute atomic E-state index is 12.3. The number of anilines is 1. The lowest BCUT2D eigenvalue weighted by molar-refractivity contribution is 0.0735. The quantitative estimate of drug-likeness (QED) is 0.112. The van der Waals surface area contributed by atoms with Gasteiger partial charge in [0.15, 0.2) is 0 Å². The first-order chi connectivity index (χ1) is 17.7. The Labute approximate surface area is 213 Å². The van der Waals surface area contributed by atoms with Crippen molar-refractivity contribution in [2.75, 3.05) is 5.43 Å². The van der Waals surface area contributed by atoms with Crippen molar-refractivity contribution in [2.24, 2.45) is 5.10 Å². The largest absolute Gasteiger partial charge is 0.423 e. The Hall–Kier alpha value is -4.55. The second-order valence-electron chi connectivity index (χ2n) is 8.12. The summed E-state index contributed by atoms with van der Waals surface area (Å²) in [5.74, 6) is 0.0934. The number of thiazole rings is 1. The van der Waals surface area contributed by atoms with Gasteiger partial charge in [-0.25, -0.2) is 9.78 Å². The Morgan fingerprint density at radius 2 is 1.47 bits per heavy atom. The van der Waals surface area contributed by atoms with Gasteiger partial charge in [-0.15, -0.1) is 0 Å². The highest BCUT2D eigenvalue weighted by molar-refractivity contribution is 7.19. The third kappa shape index (κ3) is 5.56. The van der Waals surface area contributed by atoms with Crippen LogP contribution < -0.4 is 10.2 Å². The molecule has 1 aromatic heterocycles. The van der Waals surface area contributed by atoms with E-state index < -0.39 is 0 Å². The van der Waals surface area contributed by atoms with E-state index in [9.17, 15) is 4.79 Å². The number of nitrogens with one attached hydrogen (secondary N) is 1. The molecule has 5 rings (SSSR count). The minimum atomic E-state index is -0.384. The Morgan fingerprint density at radius 3 is 2.14 bits per heavy atom. The number of aromatic nitrogens is 1. The molecule has 0 aliphatic rings. The molecule has 0 amide bonds. The Balaban J connectivity index is 1.27. The van der Waals surface area contributed by atoms with E-state index >= 15 is 0 Å². The highest BCUT2D eigenvalue weighted by atomic mass is 32.1. The van der Waals surface area contributed by atoms with Crippen molar-refractivity contribution in [3.63, 3.8) is 0 Å². The Morgan fingerprint density at radius 1 is 0.833 bits per heavy atom. The number of carbonyl (C=O) groups is 1. The summed E-state index contributed by atoms with van der Waals surface area (Å²) >= 11 is 1.56. The van der Waals surface area contributed by atoms with E-state index in [1.807, 2.05) is 67.6 Å². The molecule has 1 N–H and O–H groups in total. The molecule has 1 heterocycles. The molecular weight excluding hydrogens is 466 g/mol. The van der Waals surface area contributed by atoms with Gasteiger partial charge in [0.2, 0.25) is 5.13 Å². The molecule has 176 valence electrons. The number of esters is 1. The van der Waals surface area contributed by atoms with Crippen LogP contribution in [0.5, 0.6) is 5.75 Å². The van der Waals surface area contributed by atoms with E-state index in [2.05, 4.69) is 34.8 Å². The molecule has 5 aromatic rings. The Bertz CT molecular complexity index is 1420. The third-order valence-electron chi connectivity index (χ3n) is 5.46. The summed E-state index contributed by atoms with van der Waals surface area (Å²) in [5, 5.41) is 5.07. The normalized spacial score (nSPS) is 10.9. The monoisotopic (exact) mass is 489 g/mol. The van der Waals surface area contributed by atoms with E-state index in [-0.39, 0.29) is 5.97 Å². The van der Waals surface area contributed by atoms with Crippen LogP contribution in [0.25, 0.3) is 21.7 Å². The van der Waals surface area contributed by atoms with Crippen molar-refractivity contribution in [2.45, 2.75) is 6.92 Å². The van der Waals surface area contributed by atoms with Crippen molar-refractivity contribution >= 4 is 28.7 Å². The molecule has 0 fully saturated rings. The van der Waals surface area contributed by atoms with Crippen LogP contribution in [0.15, 0.2) is 114 Å². The average molecular weight is 490 g/mol. The van der Waals surface area contributed by atoms with E-state index in [1.165, 1.54) is 0 Å². The van der Waals surface area contributed by atoms with Gasteiger partial charge in [0.1, 0.15) is 5.75 Å². The van der Waals surface area contributed by atoms with Crippen LogP contribution in [0.3, 0.4) is 0 Å². The van der Waals surface area contributed by atoms with Crippen molar-refractivity contribution in [3.05, 3.63) is 126 Å². The predicted molar refractivity (Wildman–Crippen MR) is 147 cm³/mol. The molecule has 0 radical (unpaired) electrons. The lowest BCUT2D eigenvalue weighted by Crippen LogP contribution is -2.08. The van der Waals surface area contributed by atoms with Gasteiger partial charge in [-0.05, 0) is 54.4 Å². The lowest BCUT2D eigenvalue weighted by atomic mass is 10.1. The number of carbonyl (C=O) groups excluding carboxylic acids is 1. The summed E-state index contributed by atoms with van der Waals surface area (Å²) in [4.78, 5) is 18.2. The molecule has 0 aliphatic heterocycles. The van der Waals surface area contributed by atoms with Crippen molar-refractivity contribution in [1.29, 1.82) is 0 Å². The fourth-order valence-corrected chi connectivity index (χ4v) is 4.53. The first-order valence-electron chi connectivity index (χ1n) is 11.5. The van der Waals surface area contributed by atoms with Gasteiger partial charge in [-0.3, -0.25) is 5.43 Å². The zero-order valence-corrected chi connectivity index (χ0v) is 20.4. The van der Waals surface area contributed by atoms with Gasteiger partial charge in [0, 0.05) is 5.56 Å². The van der Waals surface area contributed by atoms with Gasteiger partial charge >= 0.3 is 5.97 Å². The minimum absolute atomic E-state index is 0.384. The predicted octanol–water partition coefficient (Wildman–Crippen LogP) is 7.45. The topological polar surface area (TPSA) is 63.6 Å². The van der Waals surface area contributed by atoms with Gasteiger partial charge < -0.3 is 4.74 Å². The summed E-state index contributed by atoms with van der Waals surface area (Å²) in [6.07, 6.45) is 1.71. The maximum atomic E-state index is 12.3. The van der Waals surface area contributed by atoms with Crippen LogP contribution >= 0.6 is 11.3 Å². The van der Waals surface area contributed by atoms with Crippen LogP contribution in [0.1, 0.15) is 21.5 Å². The molecule has 4 aromatic carbocycles. The highest BCUT2D eigenvalue weighted by Crippen LogP contribution is 2.38. The number of rotatable bonds is 7. The highest BCUT2D eigenvalue weighted by Gasteiger charge is 2.14. The fourth-order valence-electron chi connectivity index (χ4n) is 3.58. The second-order valence-corrected chi connectivity index (χ2v) is 9.12. The first-order valence-corrected chi connectivity index (χ1v) is 12.3. The lowest BCUT2D eigenvalue weighted by Gasteiger charge is -2.05. The standard InChI is InChI=1S/C30H23N3O2S/c1-21-12-16-25(17-13-21)29(34)35-26-18-14-22(15-19-26)20-31-33-30-32-27(23-8-4-2-5-9-23)28(36-30)24-10-6-3-7-11-24/h2-20H,1H3,(H,32,33)/b31-20-. The minimum Gasteiger partial charge on any atom is -0.423 e. The van der Waals surface area contributed by atoms with Gasteiger partial charge in [0.05, 0.1) is 22.3 Å². The maximum Gasteiger partial charge on any atom is 0.343 e. The number of benzene rings is 4. The third-order valence-corrected chi connectivity index (χ3v) is 6.47. The number of hydrazone groups is 1. The number of aryl methyl sites for hydroxylation is 1. The van der Waals surface area contributed by atoms with Crippen LogP contribution in [0, 0.1) is 6.92 Å². The smallest absolute Gasteiger partial charge is 0.343 e. The first kappa shape index (κ1) is 23.2. The SMILES string of the molecule is Cc1ccc(C(=O)Oc2ccc(/C=N\Nc3nc(-c4ccccc4)c(-c4ccccc4)s3)cc2)cc1. The molecule has 0 saturated carbocycles. The number of ether oxygens (including phenoxy) is 1. The van der Waals surface area contributed by atoms with Crippen LogP contribution in [0.4, 0.5) is 5.13 Å².